The number of carbonyl (C=O) groups excluding carboxylic acids is 1. The van der Waals surface area contributed by atoms with Gasteiger partial charge in [-0.2, -0.15) is 5.10 Å². The molecule has 0 aliphatic rings. The summed E-state index contributed by atoms with van der Waals surface area (Å²) in [5.74, 6) is -0.305. The highest BCUT2D eigenvalue weighted by Crippen LogP contribution is 2.26. The van der Waals surface area contributed by atoms with Crippen molar-refractivity contribution in [2.45, 2.75) is 13.8 Å². The molecule has 2 rings (SSSR count). The monoisotopic (exact) mass is 283 g/mol. The van der Waals surface area contributed by atoms with E-state index in [0.29, 0.717) is 21.4 Å². The van der Waals surface area contributed by atoms with E-state index < -0.39 is 0 Å². The fourth-order valence-electron chi connectivity index (χ4n) is 1.48. The van der Waals surface area contributed by atoms with E-state index >= 15 is 0 Å². The van der Waals surface area contributed by atoms with Crippen molar-refractivity contribution in [2.75, 3.05) is 5.32 Å². The van der Waals surface area contributed by atoms with E-state index in [0.717, 1.165) is 11.3 Å². The highest BCUT2D eigenvalue weighted by Gasteiger charge is 2.15. The topological polar surface area (TPSA) is 57.8 Å². The molecule has 0 aliphatic heterocycles. The third-order valence-electron chi connectivity index (χ3n) is 2.65. The van der Waals surface area contributed by atoms with Crippen molar-refractivity contribution in [1.82, 2.24) is 10.2 Å². The number of hydrogen-bond donors (Lipinski definition) is 2. The van der Waals surface area contributed by atoms with Gasteiger partial charge in [0, 0.05) is 16.3 Å². The summed E-state index contributed by atoms with van der Waals surface area (Å²) in [4.78, 5) is 12.0. The Kier molecular flexibility index (Phi) is 3.59. The maximum Gasteiger partial charge on any atom is 0.276 e. The minimum atomic E-state index is -0.305. The summed E-state index contributed by atoms with van der Waals surface area (Å²) in [6, 6.07) is 4.88. The van der Waals surface area contributed by atoms with Crippen LogP contribution in [-0.4, -0.2) is 16.1 Å². The van der Waals surface area contributed by atoms with E-state index in [-0.39, 0.29) is 5.91 Å². The van der Waals surface area contributed by atoms with E-state index in [1.165, 1.54) is 0 Å². The Morgan fingerprint density at radius 2 is 2.06 bits per heavy atom. The number of rotatable bonds is 2. The molecule has 0 saturated heterocycles. The van der Waals surface area contributed by atoms with Crippen LogP contribution in [0.5, 0.6) is 0 Å². The number of hydrogen-bond acceptors (Lipinski definition) is 2. The van der Waals surface area contributed by atoms with Crippen molar-refractivity contribution >= 4 is 34.8 Å². The Labute approximate surface area is 114 Å². The summed E-state index contributed by atoms with van der Waals surface area (Å²) in [6.07, 6.45) is 0. The summed E-state index contributed by atoms with van der Waals surface area (Å²) >= 11 is 11.8. The van der Waals surface area contributed by atoms with Crippen LogP contribution in [0.1, 0.15) is 21.7 Å². The van der Waals surface area contributed by atoms with E-state index in [4.69, 9.17) is 23.2 Å². The molecule has 0 saturated carbocycles. The highest BCUT2D eigenvalue weighted by molar-refractivity contribution is 6.36. The number of nitrogens with zero attached hydrogens (tertiary/aromatic N) is 1. The fourth-order valence-corrected chi connectivity index (χ4v) is 1.93. The van der Waals surface area contributed by atoms with Gasteiger partial charge in [-0.15, -0.1) is 0 Å². The number of halogens is 2. The summed E-state index contributed by atoms with van der Waals surface area (Å²) in [5.41, 5.74) is 2.55. The molecule has 0 bridgehead atoms. The normalized spacial score (nSPS) is 10.4. The number of aryl methyl sites for hydroxylation is 1. The zero-order chi connectivity index (χ0) is 13.3. The molecule has 18 heavy (non-hydrogen) atoms. The molecule has 0 atom stereocenters. The van der Waals surface area contributed by atoms with E-state index in [2.05, 4.69) is 15.5 Å². The Balaban J connectivity index is 2.24. The minimum absolute atomic E-state index is 0.305. The molecule has 1 heterocycles. The van der Waals surface area contributed by atoms with Crippen molar-refractivity contribution in [3.63, 3.8) is 0 Å². The van der Waals surface area contributed by atoms with Gasteiger partial charge in [0.1, 0.15) is 0 Å². The van der Waals surface area contributed by atoms with Crippen LogP contribution < -0.4 is 5.32 Å². The lowest BCUT2D eigenvalue weighted by atomic mass is 10.2. The van der Waals surface area contributed by atoms with Crippen LogP contribution in [0.3, 0.4) is 0 Å². The zero-order valence-electron chi connectivity index (χ0n) is 9.84. The number of nitrogens with one attached hydrogen (secondary N) is 2. The molecule has 2 N–H and O–H groups in total. The number of amides is 1. The molecule has 1 amide bonds. The summed E-state index contributed by atoms with van der Waals surface area (Å²) < 4.78 is 0. The fraction of sp³-hybridized carbons (Fsp3) is 0.167. The van der Waals surface area contributed by atoms with Crippen LogP contribution in [0, 0.1) is 13.8 Å². The van der Waals surface area contributed by atoms with Crippen molar-refractivity contribution < 1.29 is 4.79 Å². The van der Waals surface area contributed by atoms with Gasteiger partial charge in [-0.1, -0.05) is 23.2 Å². The smallest absolute Gasteiger partial charge is 0.276 e. The number of benzene rings is 1. The standard InChI is InChI=1S/C12H11Cl2N3O/c1-6-7(2)16-17-11(6)12(18)15-10-4-3-8(13)5-9(10)14/h3-5H,1-2H3,(H,15,18)(H,16,17). The molecular weight excluding hydrogens is 273 g/mol. The first-order valence-corrected chi connectivity index (χ1v) is 6.02. The minimum Gasteiger partial charge on any atom is -0.319 e. The number of aromatic nitrogens is 2. The van der Waals surface area contributed by atoms with E-state index in [1.54, 1.807) is 18.2 Å². The second kappa shape index (κ2) is 5.00. The van der Waals surface area contributed by atoms with E-state index in [9.17, 15) is 4.79 Å². The van der Waals surface area contributed by atoms with Crippen LogP contribution >= 0.6 is 23.2 Å². The highest BCUT2D eigenvalue weighted by atomic mass is 35.5. The van der Waals surface area contributed by atoms with E-state index in [1.807, 2.05) is 13.8 Å². The van der Waals surface area contributed by atoms with Crippen molar-refractivity contribution in [2.24, 2.45) is 0 Å². The first-order valence-electron chi connectivity index (χ1n) is 5.27. The lowest BCUT2D eigenvalue weighted by molar-refractivity contribution is 0.102. The lowest BCUT2D eigenvalue weighted by Gasteiger charge is -2.06. The van der Waals surface area contributed by atoms with Gasteiger partial charge in [0.25, 0.3) is 5.91 Å². The third kappa shape index (κ3) is 2.49. The van der Waals surface area contributed by atoms with Crippen LogP contribution in [0.25, 0.3) is 0 Å². The number of aromatic amines is 1. The maximum atomic E-state index is 12.0. The quantitative estimate of drug-likeness (QED) is 0.885. The SMILES string of the molecule is Cc1[nH]nc(C(=O)Nc2ccc(Cl)cc2Cl)c1C. The number of anilines is 1. The van der Waals surface area contributed by atoms with Crippen LogP contribution in [-0.2, 0) is 0 Å². The average molecular weight is 284 g/mol. The number of H-pyrrole nitrogens is 1. The summed E-state index contributed by atoms with van der Waals surface area (Å²) in [5, 5.41) is 10.3. The van der Waals surface area contributed by atoms with Crippen LogP contribution in [0.15, 0.2) is 18.2 Å². The molecule has 0 unspecified atom stereocenters. The molecule has 2 aromatic rings. The molecule has 0 radical (unpaired) electrons. The predicted octanol–water partition coefficient (Wildman–Crippen LogP) is 3.59. The van der Waals surface area contributed by atoms with Gasteiger partial charge in [-0.25, -0.2) is 0 Å². The van der Waals surface area contributed by atoms with Gasteiger partial charge in [-0.3, -0.25) is 9.89 Å². The van der Waals surface area contributed by atoms with Crippen LogP contribution in [0.2, 0.25) is 10.0 Å². The van der Waals surface area contributed by atoms with Crippen LogP contribution in [0.4, 0.5) is 5.69 Å². The molecule has 4 nitrogen and oxygen atoms in total. The zero-order valence-corrected chi connectivity index (χ0v) is 11.4. The first kappa shape index (κ1) is 12.9. The Hall–Kier alpha value is -1.52. The molecule has 0 aliphatic carbocycles. The van der Waals surface area contributed by atoms with Crippen molar-refractivity contribution in [1.29, 1.82) is 0 Å². The maximum absolute atomic E-state index is 12.0. The van der Waals surface area contributed by atoms with Crippen molar-refractivity contribution in [3.8, 4) is 0 Å². The molecule has 0 fully saturated rings. The summed E-state index contributed by atoms with van der Waals surface area (Å²) in [6.45, 7) is 3.69. The Morgan fingerprint density at radius 3 is 2.61 bits per heavy atom. The van der Waals surface area contributed by atoms with Crippen molar-refractivity contribution in [3.05, 3.63) is 45.2 Å². The Morgan fingerprint density at radius 1 is 1.33 bits per heavy atom. The largest absolute Gasteiger partial charge is 0.319 e. The molecule has 1 aromatic heterocycles. The predicted molar refractivity (Wildman–Crippen MR) is 72.5 cm³/mol. The second-order valence-corrected chi connectivity index (χ2v) is 4.74. The number of carbonyl (C=O) groups is 1. The van der Waals surface area contributed by atoms with Gasteiger partial charge < -0.3 is 5.32 Å². The Bertz CT molecular complexity index is 607. The first-order chi connectivity index (χ1) is 8.49. The molecule has 6 heteroatoms. The molecule has 94 valence electrons. The third-order valence-corrected chi connectivity index (χ3v) is 3.20. The van der Waals surface area contributed by atoms with Gasteiger partial charge in [0.2, 0.25) is 0 Å². The molecule has 1 aromatic carbocycles. The molecule has 0 spiro atoms. The van der Waals surface area contributed by atoms with Gasteiger partial charge in [0.05, 0.1) is 10.7 Å². The second-order valence-electron chi connectivity index (χ2n) is 3.90. The lowest BCUT2D eigenvalue weighted by Crippen LogP contribution is -2.14. The van der Waals surface area contributed by atoms with Gasteiger partial charge >= 0.3 is 0 Å². The summed E-state index contributed by atoms with van der Waals surface area (Å²) in [7, 11) is 0. The van der Waals surface area contributed by atoms with Gasteiger partial charge in [0.15, 0.2) is 5.69 Å². The molecular formula is C12H11Cl2N3O. The van der Waals surface area contributed by atoms with Gasteiger partial charge in [-0.05, 0) is 32.0 Å². The average Bonchev–Trinajstić information content (AvgIpc) is 2.64.